The van der Waals surface area contributed by atoms with Crippen LogP contribution >= 0.6 is 11.6 Å². The molecular weight excluding hydrogens is 286 g/mol. The minimum atomic E-state index is -0.0106. The molecule has 1 fully saturated rings. The maximum atomic E-state index is 12.7. The lowest BCUT2D eigenvalue weighted by Crippen LogP contribution is -2.35. The van der Waals surface area contributed by atoms with E-state index in [2.05, 4.69) is 0 Å². The second-order valence-corrected chi connectivity index (χ2v) is 6.64. The molecule has 0 spiro atoms. The van der Waals surface area contributed by atoms with Gasteiger partial charge in [-0.25, -0.2) is 0 Å². The molecule has 2 aliphatic rings. The molecule has 1 aliphatic carbocycles. The molecule has 1 aromatic carbocycles. The molecule has 0 bridgehead atoms. The summed E-state index contributed by atoms with van der Waals surface area (Å²) in [6.45, 7) is 0.680. The van der Waals surface area contributed by atoms with E-state index >= 15 is 0 Å². The first-order valence-corrected chi connectivity index (χ1v) is 8.25. The van der Waals surface area contributed by atoms with Crippen LogP contribution in [0.4, 0.5) is 0 Å². The Kier molecular flexibility index (Phi) is 4.51. The fraction of sp³-hybridized carbons (Fsp3) is 0.588. The van der Waals surface area contributed by atoms with E-state index in [1.165, 1.54) is 6.42 Å². The topological polar surface area (TPSA) is 52.3 Å². The van der Waals surface area contributed by atoms with Crippen LogP contribution < -0.4 is 10.5 Å². The largest absolute Gasteiger partial charge is 0.493 e. The number of hydrogen-bond donors (Lipinski definition) is 1. The zero-order valence-corrected chi connectivity index (χ0v) is 13.0. The number of ketones is 1. The van der Waals surface area contributed by atoms with Gasteiger partial charge in [0, 0.05) is 35.4 Å². The van der Waals surface area contributed by atoms with Crippen molar-refractivity contribution in [3.05, 3.63) is 28.3 Å². The lowest BCUT2D eigenvalue weighted by atomic mass is 9.87. The van der Waals surface area contributed by atoms with Gasteiger partial charge < -0.3 is 10.5 Å². The Balaban J connectivity index is 1.78. The smallest absolute Gasteiger partial charge is 0.142 e. The maximum absolute atomic E-state index is 12.7. The standard InChI is InChI=1S/C17H22ClNO2/c18-13-8-11-6-7-21-17(11)12(9-13)10-16(20)14-4-2-1-3-5-15(14)19/h8-9,14-15H,1-7,10,19H2. The summed E-state index contributed by atoms with van der Waals surface area (Å²) in [4.78, 5) is 12.7. The van der Waals surface area contributed by atoms with Crippen LogP contribution in [0.3, 0.4) is 0 Å². The molecule has 0 aromatic heterocycles. The highest BCUT2D eigenvalue weighted by Crippen LogP contribution is 2.34. The second-order valence-electron chi connectivity index (χ2n) is 6.20. The Bertz CT molecular complexity index is 544. The summed E-state index contributed by atoms with van der Waals surface area (Å²) in [5.74, 6) is 1.10. The molecule has 0 saturated heterocycles. The first-order chi connectivity index (χ1) is 10.1. The zero-order valence-electron chi connectivity index (χ0n) is 12.2. The molecule has 1 heterocycles. The summed E-state index contributed by atoms with van der Waals surface area (Å²) in [6.07, 6.45) is 6.58. The fourth-order valence-electron chi connectivity index (χ4n) is 3.53. The van der Waals surface area contributed by atoms with E-state index in [4.69, 9.17) is 22.1 Å². The molecule has 114 valence electrons. The molecule has 4 heteroatoms. The summed E-state index contributed by atoms with van der Waals surface area (Å²) in [5, 5.41) is 0.687. The van der Waals surface area contributed by atoms with E-state index in [1.807, 2.05) is 12.1 Å². The van der Waals surface area contributed by atoms with Gasteiger partial charge in [0.1, 0.15) is 11.5 Å². The average Bonchev–Trinajstić information content (AvgIpc) is 2.80. The molecule has 2 N–H and O–H groups in total. The van der Waals surface area contributed by atoms with Gasteiger partial charge in [0.15, 0.2) is 0 Å². The van der Waals surface area contributed by atoms with Gasteiger partial charge in [-0.2, -0.15) is 0 Å². The van der Waals surface area contributed by atoms with Gasteiger partial charge >= 0.3 is 0 Å². The number of benzene rings is 1. The molecule has 21 heavy (non-hydrogen) atoms. The highest BCUT2D eigenvalue weighted by molar-refractivity contribution is 6.30. The van der Waals surface area contributed by atoms with Crippen LogP contribution in [0.5, 0.6) is 5.75 Å². The summed E-state index contributed by atoms with van der Waals surface area (Å²) >= 11 is 6.16. The maximum Gasteiger partial charge on any atom is 0.142 e. The van der Waals surface area contributed by atoms with Gasteiger partial charge in [-0.15, -0.1) is 0 Å². The predicted octanol–water partition coefficient (Wildman–Crippen LogP) is 3.29. The van der Waals surface area contributed by atoms with E-state index in [0.29, 0.717) is 18.1 Å². The van der Waals surface area contributed by atoms with E-state index in [1.54, 1.807) is 0 Å². The van der Waals surface area contributed by atoms with Gasteiger partial charge in [-0.1, -0.05) is 30.9 Å². The Labute approximate surface area is 130 Å². The molecule has 3 rings (SSSR count). The Hall–Kier alpha value is -1.06. The van der Waals surface area contributed by atoms with Gasteiger partial charge in [-0.3, -0.25) is 4.79 Å². The van der Waals surface area contributed by atoms with Crippen molar-refractivity contribution in [2.24, 2.45) is 11.7 Å². The Morgan fingerprint density at radius 3 is 2.95 bits per heavy atom. The number of nitrogens with two attached hydrogens (primary N) is 1. The predicted molar refractivity (Wildman–Crippen MR) is 83.9 cm³/mol. The van der Waals surface area contributed by atoms with Crippen molar-refractivity contribution in [3.63, 3.8) is 0 Å². The Morgan fingerprint density at radius 2 is 2.10 bits per heavy atom. The fourth-order valence-corrected chi connectivity index (χ4v) is 3.80. The summed E-state index contributed by atoms with van der Waals surface area (Å²) < 4.78 is 5.68. The SMILES string of the molecule is NC1CCCCCC1C(=O)Cc1cc(Cl)cc2c1OCC2. The van der Waals surface area contributed by atoms with Crippen molar-refractivity contribution in [2.75, 3.05) is 6.61 Å². The molecule has 1 aliphatic heterocycles. The van der Waals surface area contributed by atoms with E-state index in [9.17, 15) is 4.79 Å². The molecular formula is C17H22ClNO2. The van der Waals surface area contributed by atoms with Crippen molar-refractivity contribution in [3.8, 4) is 5.75 Å². The Morgan fingerprint density at radius 1 is 1.29 bits per heavy atom. The van der Waals surface area contributed by atoms with Gasteiger partial charge in [-0.05, 0) is 30.5 Å². The third kappa shape index (κ3) is 3.24. The number of hydrogen-bond acceptors (Lipinski definition) is 3. The van der Waals surface area contributed by atoms with Crippen LogP contribution in [0.25, 0.3) is 0 Å². The van der Waals surface area contributed by atoms with Gasteiger partial charge in [0.25, 0.3) is 0 Å². The van der Waals surface area contributed by atoms with Crippen molar-refractivity contribution in [2.45, 2.75) is 51.0 Å². The minimum absolute atomic E-state index is 0.00755. The van der Waals surface area contributed by atoms with Crippen LogP contribution in [0, 0.1) is 5.92 Å². The lowest BCUT2D eigenvalue weighted by molar-refractivity contribution is -0.123. The molecule has 2 unspecified atom stereocenters. The van der Waals surface area contributed by atoms with Crippen molar-refractivity contribution in [1.29, 1.82) is 0 Å². The first-order valence-electron chi connectivity index (χ1n) is 7.87. The zero-order chi connectivity index (χ0) is 14.8. The van der Waals surface area contributed by atoms with Crippen LogP contribution in [0.1, 0.15) is 43.2 Å². The van der Waals surface area contributed by atoms with E-state index in [-0.39, 0.29) is 17.7 Å². The third-order valence-corrected chi connectivity index (χ3v) is 4.89. The molecule has 1 aromatic rings. The number of carbonyl (C=O) groups excluding carboxylic acids is 1. The number of Topliss-reactive ketones (excluding diaryl/α,β-unsaturated/α-hetero) is 1. The number of ether oxygens (including phenoxy) is 1. The van der Waals surface area contributed by atoms with Crippen LogP contribution in [0.2, 0.25) is 5.02 Å². The van der Waals surface area contributed by atoms with Crippen LogP contribution in [-0.4, -0.2) is 18.4 Å². The number of carbonyl (C=O) groups is 1. The second kappa shape index (κ2) is 6.37. The van der Waals surface area contributed by atoms with Gasteiger partial charge in [0.05, 0.1) is 6.61 Å². The number of rotatable bonds is 3. The molecule has 0 amide bonds. The summed E-state index contributed by atoms with van der Waals surface area (Å²) in [7, 11) is 0. The van der Waals surface area contributed by atoms with E-state index < -0.39 is 0 Å². The van der Waals surface area contributed by atoms with Crippen LogP contribution in [-0.2, 0) is 17.6 Å². The monoisotopic (exact) mass is 307 g/mol. The summed E-state index contributed by atoms with van der Waals surface area (Å²) in [5.41, 5.74) is 8.25. The number of fused-ring (bicyclic) bond motifs is 1. The first kappa shape index (κ1) is 14.9. The van der Waals surface area contributed by atoms with Crippen molar-refractivity contribution in [1.82, 2.24) is 0 Å². The highest BCUT2D eigenvalue weighted by atomic mass is 35.5. The molecule has 3 nitrogen and oxygen atoms in total. The van der Waals surface area contributed by atoms with Crippen molar-refractivity contribution >= 4 is 17.4 Å². The molecule has 2 atom stereocenters. The summed E-state index contributed by atoms with van der Waals surface area (Å²) in [6, 6.07) is 3.81. The third-order valence-electron chi connectivity index (χ3n) is 4.67. The van der Waals surface area contributed by atoms with E-state index in [0.717, 1.165) is 49.0 Å². The van der Waals surface area contributed by atoms with Crippen LogP contribution in [0.15, 0.2) is 12.1 Å². The molecule has 0 radical (unpaired) electrons. The number of halogens is 1. The lowest BCUT2D eigenvalue weighted by Gasteiger charge is -2.20. The normalized spacial score (nSPS) is 25.0. The highest BCUT2D eigenvalue weighted by Gasteiger charge is 2.28. The minimum Gasteiger partial charge on any atom is -0.493 e. The molecule has 1 saturated carbocycles. The quantitative estimate of drug-likeness (QED) is 0.872. The van der Waals surface area contributed by atoms with Crippen molar-refractivity contribution < 1.29 is 9.53 Å². The van der Waals surface area contributed by atoms with Gasteiger partial charge in [0.2, 0.25) is 0 Å². The average molecular weight is 308 g/mol.